The third kappa shape index (κ3) is 2.27. The molecule has 6 heteroatoms. The topological polar surface area (TPSA) is 45.8 Å². The van der Waals surface area contributed by atoms with E-state index in [-0.39, 0.29) is 17.1 Å². The van der Waals surface area contributed by atoms with E-state index in [1.807, 2.05) is 0 Å². The van der Waals surface area contributed by atoms with Crippen molar-refractivity contribution in [2.75, 3.05) is 0 Å². The molecule has 2 rings (SSSR count). The number of hydrogen-bond acceptors (Lipinski definition) is 2. The van der Waals surface area contributed by atoms with Gasteiger partial charge < -0.3 is 4.98 Å². The Labute approximate surface area is 101 Å². The van der Waals surface area contributed by atoms with Crippen LogP contribution < -0.4 is 0 Å². The van der Waals surface area contributed by atoms with Crippen molar-refractivity contribution in [2.24, 2.45) is 0 Å². The first-order chi connectivity index (χ1) is 8.41. The van der Waals surface area contributed by atoms with Gasteiger partial charge in [-0.25, -0.2) is 4.98 Å². The van der Waals surface area contributed by atoms with Gasteiger partial charge in [-0.3, -0.25) is 4.79 Å². The highest BCUT2D eigenvalue weighted by Gasteiger charge is 2.32. The van der Waals surface area contributed by atoms with Crippen LogP contribution in [0.3, 0.4) is 0 Å². The molecule has 94 valence electrons. The molecule has 0 amide bonds. The molecule has 0 aliphatic carbocycles. The molecule has 0 atom stereocenters. The normalized spacial score (nSPS) is 11.6. The fourth-order valence-electron chi connectivity index (χ4n) is 1.62. The largest absolute Gasteiger partial charge is 0.416 e. The molecule has 1 heterocycles. The highest BCUT2D eigenvalue weighted by Crippen LogP contribution is 2.34. The summed E-state index contributed by atoms with van der Waals surface area (Å²) < 4.78 is 38.2. The SMILES string of the molecule is Cc1ccc(-c2ncc(C=O)[nH]2)cc1C(F)(F)F. The molecule has 1 N–H and O–H groups in total. The van der Waals surface area contributed by atoms with Gasteiger partial charge in [-0.1, -0.05) is 12.1 Å². The standard InChI is InChI=1S/C12H9F3N2O/c1-7-2-3-8(4-10(7)12(13,14)15)11-16-5-9(6-18)17-11/h2-6H,1H3,(H,16,17). The predicted octanol–water partition coefficient (Wildman–Crippen LogP) is 3.22. The van der Waals surface area contributed by atoms with Crippen LogP contribution in [0.1, 0.15) is 21.6 Å². The Morgan fingerprint density at radius 1 is 1.33 bits per heavy atom. The summed E-state index contributed by atoms with van der Waals surface area (Å²) in [4.78, 5) is 17.0. The lowest BCUT2D eigenvalue weighted by Crippen LogP contribution is -2.07. The fourth-order valence-corrected chi connectivity index (χ4v) is 1.62. The van der Waals surface area contributed by atoms with E-state index in [2.05, 4.69) is 9.97 Å². The van der Waals surface area contributed by atoms with E-state index in [1.54, 1.807) is 0 Å². The van der Waals surface area contributed by atoms with Crippen molar-refractivity contribution in [3.05, 3.63) is 41.2 Å². The van der Waals surface area contributed by atoms with Crippen molar-refractivity contribution in [1.82, 2.24) is 9.97 Å². The van der Waals surface area contributed by atoms with Gasteiger partial charge in [-0.05, 0) is 18.6 Å². The predicted molar refractivity (Wildman–Crippen MR) is 59.2 cm³/mol. The summed E-state index contributed by atoms with van der Waals surface area (Å²) in [6.45, 7) is 1.39. The molecule has 0 spiro atoms. The summed E-state index contributed by atoms with van der Waals surface area (Å²) in [6.07, 6.45) is -2.58. The molecule has 0 fully saturated rings. The van der Waals surface area contributed by atoms with Crippen LogP contribution in [0.5, 0.6) is 0 Å². The zero-order valence-electron chi connectivity index (χ0n) is 9.38. The first kappa shape index (κ1) is 12.3. The lowest BCUT2D eigenvalue weighted by Gasteiger charge is -2.11. The van der Waals surface area contributed by atoms with E-state index >= 15 is 0 Å². The van der Waals surface area contributed by atoms with E-state index in [0.717, 1.165) is 6.07 Å². The van der Waals surface area contributed by atoms with E-state index in [9.17, 15) is 18.0 Å². The number of nitrogens with zero attached hydrogens (tertiary/aromatic N) is 1. The van der Waals surface area contributed by atoms with E-state index in [1.165, 1.54) is 25.3 Å². The van der Waals surface area contributed by atoms with Gasteiger partial charge in [0.15, 0.2) is 6.29 Å². The maximum absolute atomic E-state index is 12.7. The molecule has 1 aromatic carbocycles. The lowest BCUT2D eigenvalue weighted by atomic mass is 10.0. The Hall–Kier alpha value is -2.11. The van der Waals surface area contributed by atoms with Crippen molar-refractivity contribution < 1.29 is 18.0 Å². The summed E-state index contributed by atoms with van der Waals surface area (Å²) in [5.41, 5.74) is -0.0439. The Kier molecular flexibility index (Phi) is 2.94. The third-order valence-corrected chi connectivity index (χ3v) is 2.54. The number of carbonyl (C=O) groups is 1. The maximum Gasteiger partial charge on any atom is 0.416 e. The number of nitrogens with one attached hydrogen (secondary N) is 1. The van der Waals surface area contributed by atoms with Crippen LogP contribution in [0.2, 0.25) is 0 Å². The molecular weight excluding hydrogens is 245 g/mol. The first-order valence-corrected chi connectivity index (χ1v) is 5.10. The molecule has 0 unspecified atom stereocenters. The average molecular weight is 254 g/mol. The number of aldehydes is 1. The summed E-state index contributed by atoms with van der Waals surface area (Å²) in [5, 5.41) is 0. The third-order valence-electron chi connectivity index (χ3n) is 2.54. The number of rotatable bonds is 2. The van der Waals surface area contributed by atoms with Crippen molar-refractivity contribution in [1.29, 1.82) is 0 Å². The molecular formula is C12H9F3N2O. The number of aromatic nitrogens is 2. The molecule has 2 aromatic rings. The van der Waals surface area contributed by atoms with Gasteiger partial charge in [0.05, 0.1) is 17.5 Å². The van der Waals surface area contributed by atoms with Gasteiger partial charge in [0.1, 0.15) is 5.82 Å². The monoisotopic (exact) mass is 254 g/mol. The summed E-state index contributed by atoms with van der Waals surface area (Å²) in [6, 6.07) is 3.92. The van der Waals surface area contributed by atoms with Crippen molar-refractivity contribution in [2.45, 2.75) is 13.1 Å². The van der Waals surface area contributed by atoms with E-state index in [4.69, 9.17) is 0 Å². The minimum Gasteiger partial charge on any atom is -0.336 e. The van der Waals surface area contributed by atoms with Crippen LogP contribution in [0.25, 0.3) is 11.4 Å². The van der Waals surface area contributed by atoms with Gasteiger partial charge >= 0.3 is 6.18 Å². The Morgan fingerprint density at radius 3 is 2.61 bits per heavy atom. The Morgan fingerprint density at radius 2 is 2.06 bits per heavy atom. The minimum absolute atomic E-state index is 0.147. The van der Waals surface area contributed by atoms with Crippen molar-refractivity contribution in [3.63, 3.8) is 0 Å². The number of hydrogen-bond donors (Lipinski definition) is 1. The van der Waals surface area contributed by atoms with Crippen LogP contribution in [-0.4, -0.2) is 16.3 Å². The number of alkyl halides is 3. The quantitative estimate of drug-likeness (QED) is 0.836. The van der Waals surface area contributed by atoms with Crippen LogP contribution in [-0.2, 0) is 6.18 Å². The second-order valence-corrected chi connectivity index (χ2v) is 3.83. The van der Waals surface area contributed by atoms with Gasteiger partial charge in [-0.2, -0.15) is 13.2 Å². The number of imidazole rings is 1. The summed E-state index contributed by atoms with van der Waals surface area (Å²) >= 11 is 0. The second-order valence-electron chi connectivity index (χ2n) is 3.83. The number of halogens is 3. The van der Waals surface area contributed by atoms with Crippen LogP contribution in [0.4, 0.5) is 13.2 Å². The minimum atomic E-state index is -4.40. The van der Waals surface area contributed by atoms with Crippen LogP contribution >= 0.6 is 0 Å². The second kappa shape index (κ2) is 4.29. The maximum atomic E-state index is 12.7. The summed E-state index contributed by atoms with van der Waals surface area (Å²) in [7, 11) is 0. The highest BCUT2D eigenvalue weighted by atomic mass is 19.4. The van der Waals surface area contributed by atoms with Gasteiger partial charge in [0.2, 0.25) is 0 Å². The Bertz CT molecular complexity index is 587. The zero-order valence-corrected chi connectivity index (χ0v) is 9.38. The number of aryl methyl sites for hydroxylation is 1. The number of carbonyl (C=O) groups excluding carboxylic acids is 1. The molecule has 0 aliphatic heterocycles. The molecule has 0 aliphatic rings. The van der Waals surface area contributed by atoms with Gasteiger partial charge in [0, 0.05) is 5.56 Å². The molecule has 0 saturated carbocycles. The fraction of sp³-hybridized carbons (Fsp3) is 0.167. The number of benzene rings is 1. The molecule has 1 aromatic heterocycles. The van der Waals surface area contributed by atoms with Crippen molar-refractivity contribution >= 4 is 6.29 Å². The Balaban J connectivity index is 2.50. The van der Waals surface area contributed by atoms with Gasteiger partial charge in [-0.15, -0.1) is 0 Å². The molecule has 0 saturated heterocycles. The zero-order chi connectivity index (χ0) is 13.3. The average Bonchev–Trinajstić information content (AvgIpc) is 2.76. The first-order valence-electron chi connectivity index (χ1n) is 5.10. The summed E-state index contributed by atoms with van der Waals surface area (Å²) in [5.74, 6) is 0.239. The van der Waals surface area contributed by atoms with Gasteiger partial charge in [0.25, 0.3) is 0 Å². The molecule has 18 heavy (non-hydrogen) atoms. The number of aromatic amines is 1. The van der Waals surface area contributed by atoms with E-state index < -0.39 is 11.7 Å². The van der Waals surface area contributed by atoms with Crippen molar-refractivity contribution in [3.8, 4) is 11.4 Å². The number of H-pyrrole nitrogens is 1. The smallest absolute Gasteiger partial charge is 0.336 e. The molecule has 3 nitrogen and oxygen atoms in total. The molecule has 0 bridgehead atoms. The lowest BCUT2D eigenvalue weighted by molar-refractivity contribution is -0.138. The van der Waals surface area contributed by atoms with Crippen LogP contribution in [0, 0.1) is 6.92 Å². The molecule has 0 radical (unpaired) electrons. The van der Waals surface area contributed by atoms with Crippen LogP contribution in [0.15, 0.2) is 24.4 Å². The van der Waals surface area contributed by atoms with E-state index in [0.29, 0.717) is 11.8 Å². The highest BCUT2D eigenvalue weighted by molar-refractivity contribution is 5.73.